The summed E-state index contributed by atoms with van der Waals surface area (Å²) in [5.74, 6) is -0.0311. The van der Waals surface area contributed by atoms with Crippen LogP contribution in [-0.2, 0) is 17.6 Å². The molecule has 0 saturated carbocycles. The quantitative estimate of drug-likeness (QED) is 0.391. The summed E-state index contributed by atoms with van der Waals surface area (Å²) >= 11 is 0. The topological polar surface area (TPSA) is 84.9 Å². The Balaban J connectivity index is 1.64. The molecule has 174 valence electrons. The zero-order valence-corrected chi connectivity index (χ0v) is 19.1. The van der Waals surface area contributed by atoms with Crippen LogP contribution in [0.4, 0.5) is 4.79 Å². The van der Waals surface area contributed by atoms with Crippen molar-refractivity contribution in [2.24, 2.45) is 0 Å². The van der Waals surface area contributed by atoms with Crippen molar-refractivity contribution in [2.45, 2.75) is 18.4 Å². The van der Waals surface area contributed by atoms with Gasteiger partial charge in [-0.25, -0.2) is 4.79 Å². The molecule has 0 aromatic heterocycles. The second-order valence-electron chi connectivity index (χ2n) is 8.22. The second-order valence-corrected chi connectivity index (χ2v) is 8.22. The van der Waals surface area contributed by atoms with Crippen LogP contribution in [0.15, 0.2) is 78.9 Å². The van der Waals surface area contributed by atoms with Gasteiger partial charge in [0, 0.05) is 12.8 Å². The number of rotatable bonds is 9. The van der Waals surface area contributed by atoms with Crippen molar-refractivity contribution in [2.75, 3.05) is 20.8 Å². The molecule has 1 N–H and O–H groups in total. The Kier molecular flexibility index (Phi) is 6.63. The van der Waals surface area contributed by atoms with E-state index in [9.17, 15) is 14.4 Å². The summed E-state index contributed by atoms with van der Waals surface area (Å²) < 4.78 is 10.5. The van der Waals surface area contributed by atoms with Gasteiger partial charge in [-0.3, -0.25) is 14.5 Å². The fraction of sp³-hybridized carbons (Fsp3) is 0.222. The van der Waals surface area contributed by atoms with E-state index in [-0.39, 0.29) is 5.56 Å². The van der Waals surface area contributed by atoms with E-state index in [0.717, 1.165) is 16.0 Å². The third-order valence-corrected chi connectivity index (χ3v) is 5.95. The van der Waals surface area contributed by atoms with Crippen molar-refractivity contribution < 1.29 is 23.9 Å². The number of methoxy groups -OCH3 is 2. The molecule has 0 unspecified atom stereocenters. The molecular formula is C27H26N2O5. The number of nitrogens with one attached hydrogen (secondary N) is 1. The number of hydrogen-bond donors (Lipinski definition) is 1. The molecule has 1 aliphatic heterocycles. The molecule has 0 atom stereocenters. The number of benzene rings is 3. The smallest absolute Gasteiger partial charge is 0.325 e. The Hall–Kier alpha value is -4.13. The van der Waals surface area contributed by atoms with Crippen LogP contribution in [0, 0.1) is 0 Å². The molecule has 0 aliphatic carbocycles. The van der Waals surface area contributed by atoms with E-state index in [1.54, 1.807) is 18.2 Å². The number of imide groups is 1. The Bertz CT molecular complexity index is 1150. The standard InChI is InChI=1S/C27H26N2O5/c1-33-21-13-14-24(34-2)22(15-21)23(30)18-29-25(31)27(28-26(29)32,16-19-9-5-3-6-10-19)17-20-11-7-4-8-12-20/h3-15H,16-18H2,1-2H3,(H,28,32). The number of Topliss-reactive ketones (excluding diaryl/α,β-unsaturated/α-hetero) is 1. The first-order valence-electron chi connectivity index (χ1n) is 10.9. The average Bonchev–Trinajstić information content (AvgIpc) is 3.08. The Morgan fingerprint density at radius 3 is 1.97 bits per heavy atom. The zero-order valence-electron chi connectivity index (χ0n) is 19.1. The zero-order chi connectivity index (χ0) is 24.1. The van der Waals surface area contributed by atoms with E-state index in [0.29, 0.717) is 24.3 Å². The van der Waals surface area contributed by atoms with Crippen molar-refractivity contribution in [1.82, 2.24) is 10.2 Å². The summed E-state index contributed by atoms with van der Waals surface area (Å²) in [7, 11) is 2.95. The van der Waals surface area contributed by atoms with Gasteiger partial charge in [0.15, 0.2) is 5.78 Å². The van der Waals surface area contributed by atoms with E-state index in [4.69, 9.17) is 9.47 Å². The average molecular weight is 459 g/mol. The largest absolute Gasteiger partial charge is 0.497 e. The molecule has 3 aromatic rings. The highest BCUT2D eigenvalue weighted by Crippen LogP contribution is 2.29. The van der Waals surface area contributed by atoms with Crippen LogP contribution in [0.25, 0.3) is 0 Å². The normalized spacial score (nSPS) is 14.6. The van der Waals surface area contributed by atoms with Gasteiger partial charge in [-0.2, -0.15) is 0 Å². The van der Waals surface area contributed by atoms with Gasteiger partial charge in [0.2, 0.25) is 0 Å². The lowest BCUT2D eigenvalue weighted by atomic mass is 9.84. The highest BCUT2D eigenvalue weighted by Gasteiger charge is 2.51. The van der Waals surface area contributed by atoms with Crippen LogP contribution < -0.4 is 14.8 Å². The number of hydrogen-bond acceptors (Lipinski definition) is 5. The molecule has 3 aromatic carbocycles. The molecule has 7 heteroatoms. The fourth-order valence-electron chi connectivity index (χ4n) is 4.27. The van der Waals surface area contributed by atoms with Gasteiger partial charge in [0.1, 0.15) is 17.0 Å². The van der Waals surface area contributed by atoms with Crippen LogP contribution >= 0.6 is 0 Å². The molecule has 4 rings (SSSR count). The highest BCUT2D eigenvalue weighted by molar-refractivity contribution is 6.12. The van der Waals surface area contributed by atoms with Crippen molar-refractivity contribution in [1.29, 1.82) is 0 Å². The minimum atomic E-state index is -1.20. The number of amides is 3. The maximum absolute atomic E-state index is 13.7. The van der Waals surface area contributed by atoms with E-state index < -0.39 is 29.8 Å². The van der Waals surface area contributed by atoms with Crippen molar-refractivity contribution >= 4 is 17.7 Å². The molecule has 0 bridgehead atoms. The molecule has 0 spiro atoms. The van der Waals surface area contributed by atoms with Gasteiger partial charge in [0.25, 0.3) is 5.91 Å². The van der Waals surface area contributed by atoms with Crippen molar-refractivity contribution in [3.05, 3.63) is 95.6 Å². The van der Waals surface area contributed by atoms with Crippen LogP contribution in [0.5, 0.6) is 11.5 Å². The maximum Gasteiger partial charge on any atom is 0.325 e. The first-order chi connectivity index (χ1) is 16.5. The first kappa shape index (κ1) is 23.0. The lowest BCUT2D eigenvalue weighted by Gasteiger charge is -2.27. The molecule has 1 saturated heterocycles. The summed E-state index contributed by atoms with van der Waals surface area (Å²) in [6.07, 6.45) is 0.612. The Morgan fingerprint density at radius 2 is 1.44 bits per heavy atom. The fourth-order valence-corrected chi connectivity index (χ4v) is 4.27. The first-order valence-corrected chi connectivity index (χ1v) is 10.9. The SMILES string of the molecule is COc1ccc(OC)c(C(=O)CN2C(=O)NC(Cc3ccccc3)(Cc3ccccc3)C2=O)c1. The number of ketones is 1. The van der Waals surface area contributed by atoms with Crippen LogP contribution in [0.1, 0.15) is 21.5 Å². The van der Waals surface area contributed by atoms with Gasteiger partial charge in [0.05, 0.1) is 26.3 Å². The minimum absolute atomic E-state index is 0.242. The predicted octanol–water partition coefficient (Wildman–Crippen LogP) is 3.66. The number of ether oxygens (including phenoxy) is 2. The number of nitrogens with zero attached hydrogens (tertiary/aromatic N) is 1. The summed E-state index contributed by atoms with van der Waals surface area (Å²) in [6.45, 7) is -0.403. The van der Waals surface area contributed by atoms with E-state index in [2.05, 4.69) is 5.32 Å². The third kappa shape index (κ3) is 4.64. The molecule has 7 nitrogen and oxygen atoms in total. The minimum Gasteiger partial charge on any atom is -0.497 e. The number of carbonyl (C=O) groups excluding carboxylic acids is 3. The summed E-state index contributed by atoms with van der Waals surface area (Å²) in [4.78, 5) is 40.9. The molecule has 3 amide bonds. The van der Waals surface area contributed by atoms with Crippen molar-refractivity contribution in [3.8, 4) is 11.5 Å². The van der Waals surface area contributed by atoms with Gasteiger partial charge in [-0.05, 0) is 29.3 Å². The van der Waals surface area contributed by atoms with Crippen LogP contribution in [0.2, 0.25) is 0 Å². The molecule has 1 heterocycles. The lowest BCUT2D eigenvalue weighted by Crippen LogP contribution is -2.51. The summed E-state index contributed by atoms with van der Waals surface area (Å²) in [5.41, 5.74) is 0.869. The summed E-state index contributed by atoms with van der Waals surface area (Å²) in [5, 5.41) is 2.90. The van der Waals surface area contributed by atoms with E-state index >= 15 is 0 Å². The monoisotopic (exact) mass is 458 g/mol. The van der Waals surface area contributed by atoms with Gasteiger partial charge in [-0.15, -0.1) is 0 Å². The molecular weight excluding hydrogens is 432 g/mol. The van der Waals surface area contributed by atoms with Gasteiger partial charge >= 0.3 is 6.03 Å². The van der Waals surface area contributed by atoms with E-state index in [1.807, 2.05) is 60.7 Å². The van der Waals surface area contributed by atoms with Crippen molar-refractivity contribution in [3.63, 3.8) is 0 Å². The maximum atomic E-state index is 13.7. The van der Waals surface area contributed by atoms with Crippen LogP contribution in [-0.4, -0.2) is 48.9 Å². The number of carbonyl (C=O) groups is 3. The molecule has 1 aliphatic rings. The highest BCUT2D eigenvalue weighted by atomic mass is 16.5. The Morgan fingerprint density at radius 1 is 0.853 bits per heavy atom. The number of urea groups is 1. The van der Waals surface area contributed by atoms with E-state index in [1.165, 1.54) is 14.2 Å². The van der Waals surface area contributed by atoms with Gasteiger partial charge < -0.3 is 14.8 Å². The van der Waals surface area contributed by atoms with Crippen LogP contribution in [0.3, 0.4) is 0 Å². The Labute approximate surface area is 198 Å². The lowest BCUT2D eigenvalue weighted by molar-refractivity contribution is -0.131. The third-order valence-electron chi connectivity index (χ3n) is 5.95. The molecule has 1 fully saturated rings. The summed E-state index contributed by atoms with van der Waals surface area (Å²) in [6, 6.07) is 23.3. The predicted molar refractivity (Wildman–Crippen MR) is 127 cm³/mol. The second kappa shape index (κ2) is 9.79. The van der Waals surface area contributed by atoms with Gasteiger partial charge in [-0.1, -0.05) is 60.7 Å². The molecule has 34 heavy (non-hydrogen) atoms. The molecule has 0 radical (unpaired) electrons.